The van der Waals surface area contributed by atoms with Crippen molar-refractivity contribution >= 4 is 12.2 Å². The van der Waals surface area contributed by atoms with E-state index in [0.29, 0.717) is 11.4 Å². The van der Waals surface area contributed by atoms with Gasteiger partial charge in [-0.2, -0.15) is 0 Å². The van der Waals surface area contributed by atoms with Crippen LogP contribution in [-0.2, 0) is 13.2 Å². The lowest BCUT2D eigenvalue weighted by molar-refractivity contribution is 0.244. The molecule has 30 heavy (non-hydrogen) atoms. The number of aromatic nitrogens is 4. The topological polar surface area (TPSA) is 48.1 Å². The van der Waals surface area contributed by atoms with E-state index in [4.69, 9.17) is 22.1 Å². The van der Waals surface area contributed by atoms with E-state index >= 15 is 0 Å². The Morgan fingerprint density at radius 2 is 1.77 bits per heavy atom. The Kier molecular flexibility index (Phi) is 6.02. The van der Waals surface area contributed by atoms with Gasteiger partial charge in [-0.1, -0.05) is 30.3 Å². The lowest BCUT2D eigenvalue weighted by atomic mass is 10.2. The highest BCUT2D eigenvalue weighted by Crippen LogP contribution is 2.22. The maximum atomic E-state index is 5.81. The summed E-state index contributed by atoms with van der Waals surface area (Å²) in [5.74, 6) is 1.63. The SMILES string of the molecule is COc1ccc(CN(C)Cn2nc(-c3cccnc3)n(-c3ccccc3)c2=S)cc1. The minimum atomic E-state index is 0.567. The molecule has 2 aromatic heterocycles. The van der Waals surface area contributed by atoms with Crippen molar-refractivity contribution in [2.24, 2.45) is 0 Å². The number of ether oxygens (including phenoxy) is 1. The molecule has 2 aromatic carbocycles. The third-order valence-electron chi connectivity index (χ3n) is 4.76. The Balaban J connectivity index is 1.65. The number of benzene rings is 2. The van der Waals surface area contributed by atoms with Gasteiger partial charge in [-0.25, -0.2) is 4.68 Å². The highest BCUT2D eigenvalue weighted by molar-refractivity contribution is 7.71. The second-order valence-corrected chi connectivity index (χ2v) is 7.39. The molecule has 6 nitrogen and oxygen atoms in total. The van der Waals surface area contributed by atoms with Gasteiger partial charge in [0.05, 0.1) is 13.8 Å². The number of hydrogen-bond donors (Lipinski definition) is 0. The lowest BCUT2D eigenvalue weighted by Crippen LogP contribution is -2.22. The summed E-state index contributed by atoms with van der Waals surface area (Å²) >= 11 is 5.81. The van der Waals surface area contributed by atoms with Crippen molar-refractivity contribution in [1.82, 2.24) is 24.2 Å². The first-order valence-electron chi connectivity index (χ1n) is 9.63. The van der Waals surface area contributed by atoms with E-state index in [1.54, 1.807) is 13.3 Å². The summed E-state index contributed by atoms with van der Waals surface area (Å²) in [6, 6.07) is 22.0. The molecular formula is C23H23N5OS. The third-order valence-corrected chi connectivity index (χ3v) is 5.15. The molecule has 0 amide bonds. The van der Waals surface area contributed by atoms with Crippen LogP contribution in [0.4, 0.5) is 0 Å². The van der Waals surface area contributed by atoms with Crippen molar-refractivity contribution in [1.29, 1.82) is 0 Å². The molecule has 0 fully saturated rings. The minimum Gasteiger partial charge on any atom is -0.497 e. The first-order chi connectivity index (χ1) is 14.7. The maximum absolute atomic E-state index is 5.81. The zero-order valence-electron chi connectivity index (χ0n) is 17.0. The quantitative estimate of drug-likeness (QED) is 0.413. The zero-order valence-corrected chi connectivity index (χ0v) is 17.8. The highest BCUT2D eigenvalue weighted by Gasteiger charge is 2.15. The number of nitrogens with zero attached hydrogens (tertiary/aromatic N) is 5. The second-order valence-electron chi connectivity index (χ2n) is 7.02. The minimum absolute atomic E-state index is 0.567. The molecule has 2 heterocycles. The Labute approximate surface area is 181 Å². The van der Waals surface area contributed by atoms with E-state index in [2.05, 4.69) is 29.1 Å². The standard InChI is InChI=1S/C23H23N5OS/c1-26(16-18-10-12-21(29-2)13-11-18)17-27-23(30)28(20-8-4-3-5-9-20)22(25-27)19-7-6-14-24-15-19/h3-15H,16-17H2,1-2H3. The van der Waals surface area contributed by atoms with E-state index < -0.39 is 0 Å². The van der Waals surface area contributed by atoms with Crippen LogP contribution < -0.4 is 4.74 Å². The van der Waals surface area contributed by atoms with Crippen LogP contribution in [0.2, 0.25) is 0 Å². The van der Waals surface area contributed by atoms with Crippen molar-refractivity contribution in [3.63, 3.8) is 0 Å². The van der Waals surface area contributed by atoms with Gasteiger partial charge in [0.2, 0.25) is 4.77 Å². The molecular weight excluding hydrogens is 394 g/mol. The van der Waals surface area contributed by atoms with Gasteiger partial charge >= 0.3 is 0 Å². The Bertz CT molecular complexity index is 1150. The molecule has 4 rings (SSSR count). The number of rotatable bonds is 7. The molecule has 0 aliphatic rings. The van der Waals surface area contributed by atoms with E-state index in [9.17, 15) is 0 Å². The van der Waals surface area contributed by atoms with Crippen molar-refractivity contribution in [2.45, 2.75) is 13.2 Å². The first kappa shape index (κ1) is 20.0. The Morgan fingerprint density at radius 1 is 1.00 bits per heavy atom. The van der Waals surface area contributed by atoms with Crippen LogP contribution in [0.25, 0.3) is 17.1 Å². The van der Waals surface area contributed by atoms with Crippen LogP contribution >= 0.6 is 12.2 Å². The fourth-order valence-electron chi connectivity index (χ4n) is 3.31. The van der Waals surface area contributed by atoms with E-state index in [-0.39, 0.29) is 0 Å². The lowest BCUT2D eigenvalue weighted by Gasteiger charge is -2.16. The number of methoxy groups -OCH3 is 1. The molecule has 0 unspecified atom stereocenters. The van der Waals surface area contributed by atoms with E-state index in [0.717, 1.165) is 29.4 Å². The molecule has 0 N–H and O–H groups in total. The predicted molar refractivity (Wildman–Crippen MR) is 120 cm³/mol. The van der Waals surface area contributed by atoms with Gasteiger partial charge in [0.15, 0.2) is 5.82 Å². The summed E-state index contributed by atoms with van der Waals surface area (Å²) in [5.41, 5.74) is 3.09. The normalized spacial score (nSPS) is 11.0. The monoisotopic (exact) mass is 417 g/mol. The average molecular weight is 418 g/mol. The van der Waals surface area contributed by atoms with Gasteiger partial charge in [0.1, 0.15) is 5.75 Å². The smallest absolute Gasteiger partial charge is 0.204 e. The molecule has 152 valence electrons. The Morgan fingerprint density at radius 3 is 2.43 bits per heavy atom. The largest absolute Gasteiger partial charge is 0.497 e. The van der Waals surface area contributed by atoms with Gasteiger partial charge in [-0.3, -0.25) is 14.5 Å². The van der Waals surface area contributed by atoms with Crippen molar-refractivity contribution in [2.75, 3.05) is 14.2 Å². The van der Waals surface area contributed by atoms with Crippen molar-refractivity contribution in [3.05, 3.63) is 89.5 Å². The van der Waals surface area contributed by atoms with E-state index in [1.807, 2.05) is 70.0 Å². The van der Waals surface area contributed by atoms with Gasteiger partial charge in [-0.15, -0.1) is 5.10 Å². The van der Waals surface area contributed by atoms with Gasteiger partial charge in [0, 0.05) is 30.2 Å². The third kappa shape index (κ3) is 4.32. The molecule has 4 aromatic rings. The van der Waals surface area contributed by atoms with Gasteiger partial charge in [0.25, 0.3) is 0 Å². The number of pyridine rings is 1. The van der Waals surface area contributed by atoms with Gasteiger partial charge in [-0.05, 0) is 61.2 Å². The summed E-state index contributed by atoms with van der Waals surface area (Å²) in [6.07, 6.45) is 3.56. The summed E-state index contributed by atoms with van der Waals surface area (Å²) in [6.45, 7) is 1.34. The van der Waals surface area contributed by atoms with Crippen LogP contribution in [0.15, 0.2) is 79.1 Å². The van der Waals surface area contributed by atoms with Crippen LogP contribution in [0.5, 0.6) is 5.75 Å². The van der Waals surface area contributed by atoms with Crippen LogP contribution in [0, 0.1) is 4.77 Å². The van der Waals surface area contributed by atoms with E-state index in [1.165, 1.54) is 5.56 Å². The highest BCUT2D eigenvalue weighted by atomic mass is 32.1. The van der Waals surface area contributed by atoms with Crippen LogP contribution in [0.3, 0.4) is 0 Å². The molecule has 0 radical (unpaired) electrons. The summed E-state index contributed by atoms with van der Waals surface area (Å²) in [4.78, 5) is 6.42. The molecule has 0 aliphatic carbocycles. The summed E-state index contributed by atoms with van der Waals surface area (Å²) in [5, 5.41) is 4.84. The zero-order chi connectivity index (χ0) is 20.9. The second kappa shape index (κ2) is 9.02. The van der Waals surface area contributed by atoms with Crippen LogP contribution in [0.1, 0.15) is 5.56 Å². The van der Waals surface area contributed by atoms with Crippen LogP contribution in [-0.4, -0.2) is 38.4 Å². The molecule has 0 spiro atoms. The number of para-hydroxylation sites is 1. The predicted octanol–water partition coefficient (Wildman–Crippen LogP) is 4.56. The number of hydrogen-bond acceptors (Lipinski definition) is 5. The molecule has 0 atom stereocenters. The summed E-state index contributed by atoms with van der Waals surface area (Å²) < 4.78 is 9.73. The average Bonchev–Trinajstić information content (AvgIpc) is 3.11. The Hall–Kier alpha value is -3.29. The van der Waals surface area contributed by atoms with Crippen molar-refractivity contribution in [3.8, 4) is 22.8 Å². The first-order valence-corrected chi connectivity index (χ1v) is 10.0. The maximum Gasteiger partial charge on any atom is 0.204 e. The molecule has 0 bridgehead atoms. The van der Waals surface area contributed by atoms with Crippen molar-refractivity contribution < 1.29 is 4.74 Å². The fourth-order valence-corrected chi connectivity index (χ4v) is 3.60. The molecule has 7 heteroatoms. The summed E-state index contributed by atoms with van der Waals surface area (Å²) in [7, 11) is 3.73. The molecule has 0 saturated carbocycles. The molecule has 0 aliphatic heterocycles. The fraction of sp³-hybridized carbons (Fsp3) is 0.174. The molecule has 0 saturated heterocycles. The van der Waals surface area contributed by atoms with Gasteiger partial charge < -0.3 is 4.74 Å².